The number of hydrogen-bond donors (Lipinski definition) is 1. The number of benzene rings is 1. The molecule has 0 bridgehead atoms. The topological polar surface area (TPSA) is 61.5 Å². The minimum atomic E-state index is -0.478. The molecule has 1 aromatic carbocycles. The number of carbonyl (C=O) groups is 1. The molecular formula is C13H19NO3. The summed E-state index contributed by atoms with van der Waals surface area (Å²) in [5, 5.41) is 0. The lowest BCUT2D eigenvalue weighted by atomic mass is 9.94. The van der Waals surface area contributed by atoms with Crippen molar-refractivity contribution in [2.45, 2.75) is 19.8 Å². The summed E-state index contributed by atoms with van der Waals surface area (Å²) in [7, 11) is 2.94. The average Bonchev–Trinajstić information content (AvgIpc) is 2.33. The van der Waals surface area contributed by atoms with E-state index in [9.17, 15) is 4.79 Å². The second-order valence-corrected chi connectivity index (χ2v) is 3.99. The zero-order valence-electron chi connectivity index (χ0n) is 10.7. The van der Waals surface area contributed by atoms with E-state index in [2.05, 4.69) is 0 Å². The first-order chi connectivity index (χ1) is 8.04. The van der Waals surface area contributed by atoms with Crippen molar-refractivity contribution < 1.29 is 14.3 Å². The molecule has 0 aromatic heterocycles. The smallest absolute Gasteiger partial charge is 0.314 e. The molecular weight excluding hydrogens is 218 g/mol. The van der Waals surface area contributed by atoms with Crippen LogP contribution in [-0.4, -0.2) is 26.7 Å². The molecule has 0 fully saturated rings. The van der Waals surface area contributed by atoms with Gasteiger partial charge >= 0.3 is 5.97 Å². The number of methoxy groups -OCH3 is 2. The van der Waals surface area contributed by atoms with Crippen molar-refractivity contribution in [3.05, 3.63) is 28.8 Å². The van der Waals surface area contributed by atoms with E-state index in [1.54, 1.807) is 7.11 Å². The van der Waals surface area contributed by atoms with E-state index in [4.69, 9.17) is 15.2 Å². The minimum Gasteiger partial charge on any atom is -0.496 e. The zero-order chi connectivity index (χ0) is 13.0. The second kappa shape index (κ2) is 5.68. The Hall–Kier alpha value is -1.55. The molecule has 0 saturated heterocycles. The largest absolute Gasteiger partial charge is 0.496 e. The number of rotatable bonds is 4. The van der Waals surface area contributed by atoms with E-state index < -0.39 is 5.92 Å². The van der Waals surface area contributed by atoms with Gasteiger partial charge in [-0.2, -0.15) is 0 Å². The first-order valence-electron chi connectivity index (χ1n) is 5.48. The number of nitrogens with two attached hydrogens (primary N) is 1. The minimum absolute atomic E-state index is 0.200. The summed E-state index contributed by atoms with van der Waals surface area (Å²) in [5.74, 6) is -0.141. The molecule has 0 aliphatic heterocycles. The van der Waals surface area contributed by atoms with Gasteiger partial charge in [-0.05, 0) is 31.0 Å². The van der Waals surface area contributed by atoms with Crippen molar-refractivity contribution >= 4 is 5.97 Å². The van der Waals surface area contributed by atoms with Crippen molar-refractivity contribution in [1.82, 2.24) is 0 Å². The number of esters is 1. The summed E-state index contributed by atoms with van der Waals surface area (Å²) in [6.07, 6.45) is 0. The third kappa shape index (κ3) is 2.77. The molecule has 0 aliphatic rings. The molecule has 1 rings (SSSR count). The Labute approximate surface area is 102 Å². The monoisotopic (exact) mass is 237 g/mol. The van der Waals surface area contributed by atoms with Crippen molar-refractivity contribution in [3.63, 3.8) is 0 Å². The van der Waals surface area contributed by atoms with Gasteiger partial charge in [0.05, 0.1) is 20.1 Å². The highest BCUT2D eigenvalue weighted by Crippen LogP contribution is 2.30. The van der Waals surface area contributed by atoms with Crippen LogP contribution in [-0.2, 0) is 9.53 Å². The van der Waals surface area contributed by atoms with Gasteiger partial charge in [-0.3, -0.25) is 4.79 Å². The Morgan fingerprint density at radius 3 is 2.35 bits per heavy atom. The lowest BCUT2D eigenvalue weighted by molar-refractivity contribution is -0.142. The van der Waals surface area contributed by atoms with E-state index in [-0.39, 0.29) is 12.5 Å². The summed E-state index contributed by atoms with van der Waals surface area (Å²) in [6.45, 7) is 4.19. The number of ether oxygens (including phenoxy) is 2. The lowest BCUT2D eigenvalue weighted by Crippen LogP contribution is -2.23. The van der Waals surface area contributed by atoms with E-state index >= 15 is 0 Å². The van der Waals surface area contributed by atoms with Gasteiger partial charge in [0.25, 0.3) is 0 Å². The van der Waals surface area contributed by atoms with Crippen molar-refractivity contribution in [2.24, 2.45) is 5.73 Å². The highest BCUT2D eigenvalue weighted by Gasteiger charge is 2.23. The first-order valence-corrected chi connectivity index (χ1v) is 5.48. The predicted molar refractivity (Wildman–Crippen MR) is 66.3 cm³/mol. The SMILES string of the molecule is COC(=O)C(CN)c1cc(C)c(C)cc1OC. The zero-order valence-corrected chi connectivity index (χ0v) is 10.7. The van der Waals surface area contributed by atoms with E-state index in [0.29, 0.717) is 5.75 Å². The van der Waals surface area contributed by atoms with Crippen LogP contribution < -0.4 is 10.5 Å². The second-order valence-electron chi connectivity index (χ2n) is 3.99. The predicted octanol–water partition coefficient (Wildman–Crippen LogP) is 1.53. The average molecular weight is 237 g/mol. The standard InChI is InChI=1S/C13H19NO3/c1-8-5-10(11(7-14)13(15)17-4)12(16-3)6-9(8)2/h5-6,11H,7,14H2,1-4H3. The maximum atomic E-state index is 11.7. The van der Waals surface area contributed by atoms with Crippen LogP contribution >= 0.6 is 0 Å². The quantitative estimate of drug-likeness (QED) is 0.807. The van der Waals surface area contributed by atoms with Gasteiger partial charge < -0.3 is 15.2 Å². The molecule has 0 saturated carbocycles. The molecule has 1 unspecified atom stereocenters. The van der Waals surface area contributed by atoms with Crippen LogP contribution in [0.25, 0.3) is 0 Å². The number of carbonyl (C=O) groups excluding carboxylic acids is 1. The lowest BCUT2D eigenvalue weighted by Gasteiger charge is -2.18. The molecule has 0 amide bonds. The summed E-state index contributed by atoms with van der Waals surface area (Å²) < 4.78 is 10.0. The summed E-state index contributed by atoms with van der Waals surface area (Å²) in [5.41, 5.74) is 8.64. The van der Waals surface area contributed by atoms with Gasteiger partial charge in [0.1, 0.15) is 5.75 Å². The molecule has 4 nitrogen and oxygen atoms in total. The van der Waals surface area contributed by atoms with Crippen LogP contribution in [0, 0.1) is 13.8 Å². The highest BCUT2D eigenvalue weighted by molar-refractivity contribution is 5.79. The van der Waals surface area contributed by atoms with Crippen molar-refractivity contribution in [3.8, 4) is 5.75 Å². The molecule has 4 heteroatoms. The molecule has 17 heavy (non-hydrogen) atoms. The van der Waals surface area contributed by atoms with Crippen molar-refractivity contribution in [2.75, 3.05) is 20.8 Å². The van der Waals surface area contributed by atoms with Gasteiger partial charge in [0, 0.05) is 12.1 Å². The van der Waals surface area contributed by atoms with Gasteiger partial charge in [-0.1, -0.05) is 6.07 Å². The Morgan fingerprint density at radius 2 is 1.88 bits per heavy atom. The molecule has 0 radical (unpaired) electrons. The first kappa shape index (κ1) is 13.5. The molecule has 94 valence electrons. The number of aryl methyl sites for hydroxylation is 2. The van der Waals surface area contributed by atoms with E-state index in [0.717, 1.165) is 16.7 Å². The van der Waals surface area contributed by atoms with Gasteiger partial charge in [0.15, 0.2) is 0 Å². The third-order valence-electron chi connectivity index (χ3n) is 2.94. The normalized spacial score (nSPS) is 12.1. The van der Waals surface area contributed by atoms with Crippen LogP contribution in [0.4, 0.5) is 0 Å². The third-order valence-corrected chi connectivity index (χ3v) is 2.94. The van der Waals surface area contributed by atoms with Crippen molar-refractivity contribution in [1.29, 1.82) is 0 Å². The van der Waals surface area contributed by atoms with E-state index in [1.165, 1.54) is 7.11 Å². The Kier molecular flexibility index (Phi) is 4.52. The van der Waals surface area contributed by atoms with E-state index in [1.807, 2.05) is 26.0 Å². The fourth-order valence-electron chi connectivity index (χ4n) is 1.75. The molecule has 2 N–H and O–H groups in total. The fourth-order valence-corrected chi connectivity index (χ4v) is 1.75. The Balaban J connectivity index is 3.27. The Morgan fingerprint density at radius 1 is 1.29 bits per heavy atom. The summed E-state index contributed by atoms with van der Waals surface area (Å²) in [6, 6.07) is 3.85. The summed E-state index contributed by atoms with van der Waals surface area (Å²) in [4.78, 5) is 11.7. The van der Waals surface area contributed by atoms with Crippen LogP contribution in [0.15, 0.2) is 12.1 Å². The van der Waals surface area contributed by atoms with Gasteiger partial charge in [-0.15, -0.1) is 0 Å². The van der Waals surface area contributed by atoms with Crippen LogP contribution in [0.1, 0.15) is 22.6 Å². The maximum Gasteiger partial charge on any atom is 0.314 e. The highest BCUT2D eigenvalue weighted by atomic mass is 16.5. The maximum absolute atomic E-state index is 11.7. The molecule has 0 aliphatic carbocycles. The van der Waals surface area contributed by atoms with Gasteiger partial charge in [0.2, 0.25) is 0 Å². The number of hydrogen-bond acceptors (Lipinski definition) is 4. The molecule has 0 heterocycles. The fraction of sp³-hybridized carbons (Fsp3) is 0.462. The van der Waals surface area contributed by atoms with Crippen LogP contribution in [0.2, 0.25) is 0 Å². The molecule has 1 atom stereocenters. The molecule has 0 spiro atoms. The Bertz CT molecular complexity index is 415. The summed E-state index contributed by atoms with van der Waals surface area (Å²) >= 11 is 0. The van der Waals surface area contributed by atoms with Crippen LogP contribution in [0.3, 0.4) is 0 Å². The van der Waals surface area contributed by atoms with Crippen LogP contribution in [0.5, 0.6) is 5.75 Å². The molecule has 1 aromatic rings. The van der Waals surface area contributed by atoms with Gasteiger partial charge in [-0.25, -0.2) is 0 Å².